The molecule has 0 amide bonds. The Balaban J connectivity index is 1.78. The topological polar surface area (TPSA) is 32.5 Å². The molecule has 1 aliphatic rings. The van der Waals surface area contributed by atoms with Crippen LogP contribution < -0.4 is 5.73 Å². The average molecular weight is 247 g/mol. The van der Waals surface area contributed by atoms with Crippen LogP contribution in [0.15, 0.2) is 24.3 Å². The van der Waals surface area contributed by atoms with Crippen LogP contribution in [0.4, 0.5) is 5.69 Å². The van der Waals surface area contributed by atoms with Gasteiger partial charge in [-0.25, -0.2) is 0 Å². The van der Waals surface area contributed by atoms with E-state index in [1.165, 1.54) is 38.3 Å². The SMILES string of the molecule is CC(C)CN1CCN(Cc2ccc(N)cc2)CC1. The zero-order chi connectivity index (χ0) is 13.0. The highest BCUT2D eigenvalue weighted by Gasteiger charge is 2.17. The Labute approximate surface area is 111 Å². The highest BCUT2D eigenvalue weighted by Crippen LogP contribution is 2.11. The molecule has 1 saturated heterocycles. The van der Waals surface area contributed by atoms with E-state index >= 15 is 0 Å². The van der Waals surface area contributed by atoms with E-state index in [0.29, 0.717) is 0 Å². The van der Waals surface area contributed by atoms with Gasteiger partial charge in [0.15, 0.2) is 0 Å². The van der Waals surface area contributed by atoms with E-state index in [4.69, 9.17) is 5.73 Å². The summed E-state index contributed by atoms with van der Waals surface area (Å²) < 4.78 is 0. The smallest absolute Gasteiger partial charge is 0.0314 e. The van der Waals surface area contributed by atoms with Crippen molar-refractivity contribution < 1.29 is 0 Å². The summed E-state index contributed by atoms with van der Waals surface area (Å²) in [5.74, 6) is 0.772. The van der Waals surface area contributed by atoms with E-state index < -0.39 is 0 Å². The lowest BCUT2D eigenvalue weighted by molar-refractivity contribution is 0.117. The van der Waals surface area contributed by atoms with Crippen molar-refractivity contribution in [1.29, 1.82) is 0 Å². The van der Waals surface area contributed by atoms with Gasteiger partial charge in [-0.3, -0.25) is 4.90 Å². The molecule has 100 valence electrons. The lowest BCUT2D eigenvalue weighted by atomic mass is 10.1. The molecule has 1 aliphatic heterocycles. The fourth-order valence-electron chi connectivity index (χ4n) is 2.53. The van der Waals surface area contributed by atoms with Crippen molar-refractivity contribution >= 4 is 5.69 Å². The summed E-state index contributed by atoms with van der Waals surface area (Å²) in [5.41, 5.74) is 7.91. The summed E-state index contributed by atoms with van der Waals surface area (Å²) in [6.45, 7) is 11.6. The van der Waals surface area contributed by atoms with Crippen LogP contribution in [0.2, 0.25) is 0 Å². The maximum atomic E-state index is 5.70. The molecule has 0 bridgehead atoms. The monoisotopic (exact) mass is 247 g/mol. The second kappa shape index (κ2) is 6.21. The van der Waals surface area contributed by atoms with Crippen molar-refractivity contribution in [1.82, 2.24) is 9.80 Å². The van der Waals surface area contributed by atoms with Crippen LogP contribution in [0.1, 0.15) is 19.4 Å². The van der Waals surface area contributed by atoms with E-state index in [0.717, 1.165) is 18.2 Å². The maximum absolute atomic E-state index is 5.70. The zero-order valence-corrected chi connectivity index (χ0v) is 11.6. The lowest BCUT2D eigenvalue weighted by Crippen LogP contribution is -2.46. The largest absolute Gasteiger partial charge is 0.399 e. The highest BCUT2D eigenvalue weighted by molar-refractivity contribution is 5.39. The number of benzene rings is 1. The second-order valence-corrected chi connectivity index (χ2v) is 5.71. The molecule has 1 aromatic carbocycles. The van der Waals surface area contributed by atoms with Crippen molar-refractivity contribution in [3.05, 3.63) is 29.8 Å². The maximum Gasteiger partial charge on any atom is 0.0314 e. The number of hydrogen-bond donors (Lipinski definition) is 1. The number of nitrogen functional groups attached to an aromatic ring is 1. The van der Waals surface area contributed by atoms with E-state index in [-0.39, 0.29) is 0 Å². The first-order chi connectivity index (χ1) is 8.63. The zero-order valence-electron chi connectivity index (χ0n) is 11.6. The minimum atomic E-state index is 0.772. The summed E-state index contributed by atoms with van der Waals surface area (Å²) in [4.78, 5) is 5.10. The molecule has 3 heteroatoms. The standard InChI is InChI=1S/C15H25N3/c1-13(2)11-17-7-9-18(10-8-17)12-14-3-5-15(16)6-4-14/h3-6,13H,7-12,16H2,1-2H3. The van der Waals surface area contributed by atoms with Gasteiger partial charge in [0.25, 0.3) is 0 Å². The van der Waals surface area contributed by atoms with Gasteiger partial charge >= 0.3 is 0 Å². The molecular formula is C15H25N3. The van der Waals surface area contributed by atoms with Crippen molar-refractivity contribution in [2.75, 3.05) is 38.5 Å². The average Bonchev–Trinajstić information content (AvgIpc) is 2.34. The lowest BCUT2D eigenvalue weighted by Gasteiger charge is -2.35. The Morgan fingerprint density at radius 2 is 1.56 bits per heavy atom. The highest BCUT2D eigenvalue weighted by atomic mass is 15.3. The third kappa shape index (κ3) is 4.00. The molecule has 3 nitrogen and oxygen atoms in total. The number of rotatable bonds is 4. The minimum Gasteiger partial charge on any atom is -0.399 e. The predicted octanol–water partition coefficient (Wildman–Crippen LogP) is 2.04. The molecule has 1 heterocycles. The number of anilines is 1. The molecule has 1 fully saturated rings. The van der Waals surface area contributed by atoms with Gasteiger partial charge in [0, 0.05) is 45.0 Å². The fraction of sp³-hybridized carbons (Fsp3) is 0.600. The summed E-state index contributed by atoms with van der Waals surface area (Å²) in [5, 5.41) is 0. The summed E-state index contributed by atoms with van der Waals surface area (Å²) in [7, 11) is 0. The molecule has 0 aromatic heterocycles. The number of hydrogen-bond acceptors (Lipinski definition) is 3. The molecule has 0 radical (unpaired) electrons. The van der Waals surface area contributed by atoms with Crippen molar-refractivity contribution in [2.24, 2.45) is 5.92 Å². The van der Waals surface area contributed by atoms with Crippen molar-refractivity contribution in [3.8, 4) is 0 Å². The molecule has 18 heavy (non-hydrogen) atoms. The molecule has 0 saturated carbocycles. The quantitative estimate of drug-likeness (QED) is 0.827. The Hall–Kier alpha value is -1.06. The molecule has 0 atom stereocenters. The molecule has 0 aliphatic carbocycles. The molecule has 2 N–H and O–H groups in total. The number of nitrogens with zero attached hydrogens (tertiary/aromatic N) is 2. The van der Waals surface area contributed by atoms with Gasteiger partial charge in [-0.05, 0) is 23.6 Å². The Morgan fingerprint density at radius 3 is 2.11 bits per heavy atom. The minimum absolute atomic E-state index is 0.772. The van der Waals surface area contributed by atoms with Crippen LogP contribution in [0, 0.1) is 5.92 Å². The summed E-state index contributed by atoms with van der Waals surface area (Å²) >= 11 is 0. The third-order valence-electron chi connectivity index (χ3n) is 3.47. The van der Waals surface area contributed by atoms with Crippen LogP contribution in [0.25, 0.3) is 0 Å². The van der Waals surface area contributed by atoms with Gasteiger partial charge in [-0.1, -0.05) is 26.0 Å². The molecule has 0 unspecified atom stereocenters. The Bertz CT molecular complexity index is 351. The van der Waals surface area contributed by atoms with Crippen LogP contribution in [-0.2, 0) is 6.54 Å². The molecular weight excluding hydrogens is 222 g/mol. The fourth-order valence-corrected chi connectivity index (χ4v) is 2.53. The van der Waals surface area contributed by atoms with Crippen LogP contribution in [-0.4, -0.2) is 42.5 Å². The van der Waals surface area contributed by atoms with Gasteiger partial charge in [0.2, 0.25) is 0 Å². The first-order valence-electron chi connectivity index (χ1n) is 6.92. The third-order valence-corrected chi connectivity index (χ3v) is 3.47. The van der Waals surface area contributed by atoms with Crippen molar-refractivity contribution in [3.63, 3.8) is 0 Å². The van der Waals surface area contributed by atoms with Gasteiger partial charge in [-0.15, -0.1) is 0 Å². The number of nitrogens with two attached hydrogens (primary N) is 1. The van der Waals surface area contributed by atoms with Crippen LogP contribution in [0.5, 0.6) is 0 Å². The first-order valence-corrected chi connectivity index (χ1v) is 6.92. The van der Waals surface area contributed by atoms with E-state index in [9.17, 15) is 0 Å². The first kappa shape index (κ1) is 13.4. The van der Waals surface area contributed by atoms with Gasteiger partial charge in [-0.2, -0.15) is 0 Å². The van der Waals surface area contributed by atoms with E-state index in [1.807, 2.05) is 12.1 Å². The van der Waals surface area contributed by atoms with E-state index in [1.54, 1.807) is 0 Å². The van der Waals surface area contributed by atoms with Gasteiger partial charge < -0.3 is 10.6 Å². The van der Waals surface area contributed by atoms with Crippen molar-refractivity contribution in [2.45, 2.75) is 20.4 Å². The molecule has 2 rings (SSSR count). The van der Waals surface area contributed by atoms with Crippen LogP contribution in [0.3, 0.4) is 0 Å². The van der Waals surface area contributed by atoms with Gasteiger partial charge in [0.05, 0.1) is 0 Å². The number of piperazine rings is 1. The summed E-state index contributed by atoms with van der Waals surface area (Å²) in [6, 6.07) is 8.25. The Morgan fingerprint density at radius 1 is 1.00 bits per heavy atom. The van der Waals surface area contributed by atoms with E-state index in [2.05, 4.69) is 35.8 Å². The Kier molecular flexibility index (Phi) is 4.61. The second-order valence-electron chi connectivity index (χ2n) is 5.71. The summed E-state index contributed by atoms with van der Waals surface area (Å²) in [6.07, 6.45) is 0. The molecule has 0 spiro atoms. The molecule has 1 aromatic rings. The van der Waals surface area contributed by atoms with Crippen LogP contribution >= 0.6 is 0 Å². The van der Waals surface area contributed by atoms with Gasteiger partial charge in [0.1, 0.15) is 0 Å². The predicted molar refractivity (Wildman–Crippen MR) is 77.4 cm³/mol. The normalized spacial score (nSPS) is 18.4.